The molecule has 0 fully saturated rings. The molecule has 1 heterocycles. The Hall–Kier alpha value is -0.830. The van der Waals surface area contributed by atoms with Crippen molar-refractivity contribution < 1.29 is 9.53 Å². The Morgan fingerprint density at radius 2 is 2.50 bits per heavy atom. The molecule has 0 bridgehead atoms. The lowest BCUT2D eigenvalue weighted by molar-refractivity contribution is -0.131. The first kappa shape index (κ1) is 7.28. The highest BCUT2D eigenvalue weighted by Crippen LogP contribution is 2.10. The first-order valence-corrected chi connectivity index (χ1v) is 3.31. The van der Waals surface area contributed by atoms with Gasteiger partial charge >= 0.3 is 0 Å². The number of rotatable bonds is 1. The van der Waals surface area contributed by atoms with Crippen molar-refractivity contribution in [1.29, 1.82) is 0 Å². The Morgan fingerprint density at radius 3 is 2.90 bits per heavy atom. The monoisotopic (exact) mass is 141 g/mol. The van der Waals surface area contributed by atoms with Crippen LogP contribution in [0.2, 0.25) is 0 Å². The molecule has 56 valence electrons. The fraction of sp³-hybridized carbons (Fsp3) is 0.571. The Labute approximate surface area is 59.8 Å². The zero-order valence-electron chi connectivity index (χ0n) is 5.91. The molecule has 0 saturated carbocycles. The van der Waals surface area contributed by atoms with Gasteiger partial charge in [-0.3, -0.25) is 4.79 Å². The van der Waals surface area contributed by atoms with Crippen molar-refractivity contribution in [2.45, 2.75) is 25.6 Å². The van der Waals surface area contributed by atoms with Crippen LogP contribution in [0.1, 0.15) is 13.3 Å². The molecule has 10 heavy (non-hydrogen) atoms. The van der Waals surface area contributed by atoms with Crippen LogP contribution < -0.4 is 5.73 Å². The summed E-state index contributed by atoms with van der Waals surface area (Å²) < 4.78 is 5.19. The van der Waals surface area contributed by atoms with Gasteiger partial charge in [0.15, 0.2) is 0 Å². The molecule has 3 nitrogen and oxygen atoms in total. The van der Waals surface area contributed by atoms with Crippen LogP contribution in [0.5, 0.6) is 0 Å². The van der Waals surface area contributed by atoms with Crippen molar-refractivity contribution in [3.05, 3.63) is 12.2 Å². The molecule has 1 rings (SSSR count). The molecule has 0 aliphatic carbocycles. The Balaban J connectivity index is 2.52. The molecule has 2 atom stereocenters. The maximum atomic E-state index is 10.6. The summed E-state index contributed by atoms with van der Waals surface area (Å²) in [7, 11) is 0. The van der Waals surface area contributed by atoms with Gasteiger partial charge in [0.05, 0.1) is 6.10 Å². The third-order valence-electron chi connectivity index (χ3n) is 1.45. The summed E-state index contributed by atoms with van der Waals surface area (Å²) in [6.07, 6.45) is 4.05. The summed E-state index contributed by atoms with van der Waals surface area (Å²) in [5.74, 6) is -0.379. The van der Waals surface area contributed by atoms with Gasteiger partial charge in [0.2, 0.25) is 5.91 Å². The molecule has 2 unspecified atom stereocenters. The van der Waals surface area contributed by atoms with Gasteiger partial charge in [0.25, 0.3) is 0 Å². The van der Waals surface area contributed by atoms with E-state index >= 15 is 0 Å². The average molecular weight is 141 g/mol. The summed E-state index contributed by atoms with van der Waals surface area (Å²) in [5.41, 5.74) is 5.03. The zero-order valence-corrected chi connectivity index (χ0v) is 5.91. The average Bonchev–Trinajstić information content (AvgIpc) is 1.88. The van der Waals surface area contributed by atoms with Crippen LogP contribution in [-0.2, 0) is 9.53 Å². The smallest absolute Gasteiger partial charge is 0.246 e. The molecule has 0 aromatic carbocycles. The first-order chi connectivity index (χ1) is 4.70. The summed E-state index contributed by atoms with van der Waals surface area (Å²) in [5, 5.41) is 0. The Morgan fingerprint density at radius 1 is 1.80 bits per heavy atom. The molecule has 2 N–H and O–H groups in total. The van der Waals surface area contributed by atoms with E-state index < -0.39 is 6.10 Å². The second-order valence-electron chi connectivity index (χ2n) is 2.40. The number of carbonyl (C=O) groups is 1. The minimum Gasteiger partial charge on any atom is -0.367 e. The maximum absolute atomic E-state index is 10.6. The zero-order chi connectivity index (χ0) is 7.56. The first-order valence-electron chi connectivity index (χ1n) is 3.31. The minimum atomic E-state index is -0.417. The van der Waals surface area contributed by atoms with E-state index in [1.54, 1.807) is 0 Å². The number of primary amides is 1. The highest BCUT2D eigenvalue weighted by atomic mass is 16.5. The van der Waals surface area contributed by atoms with E-state index in [0.717, 1.165) is 0 Å². The SMILES string of the molecule is CC1C=CCC(C(N)=O)O1. The van der Waals surface area contributed by atoms with Gasteiger partial charge in [-0.1, -0.05) is 12.2 Å². The van der Waals surface area contributed by atoms with Crippen molar-refractivity contribution in [1.82, 2.24) is 0 Å². The van der Waals surface area contributed by atoms with Gasteiger partial charge < -0.3 is 10.5 Å². The van der Waals surface area contributed by atoms with Crippen molar-refractivity contribution >= 4 is 5.91 Å². The second kappa shape index (κ2) is 2.84. The number of carbonyl (C=O) groups excluding carboxylic acids is 1. The Kier molecular flexibility index (Phi) is 2.06. The predicted octanol–water partition coefficient (Wildman–Crippen LogP) is 0.205. The summed E-state index contributed by atoms with van der Waals surface area (Å²) in [6, 6.07) is 0. The van der Waals surface area contributed by atoms with Gasteiger partial charge in [-0.05, 0) is 6.92 Å². The van der Waals surface area contributed by atoms with Crippen LogP contribution in [0.15, 0.2) is 12.2 Å². The molecular weight excluding hydrogens is 130 g/mol. The van der Waals surface area contributed by atoms with Gasteiger partial charge in [-0.15, -0.1) is 0 Å². The lowest BCUT2D eigenvalue weighted by Gasteiger charge is -2.20. The van der Waals surface area contributed by atoms with Gasteiger partial charge in [0, 0.05) is 6.42 Å². The van der Waals surface area contributed by atoms with Crippen LogP contribution >= 0.6 is 0 Å². The number of amides is 1. The van der Waals surface area contributed by atoms with Crippen molar-refractivity contribution in [3.8, 4) is 0 Å². The lowest BCUT2D eigenvalue weighted by atomic mass is 10.1. The van der Waals surface area contributed by atoms with Gasteiger partial charge in [-0.2, -0.15) is 0 Å². The van der Waals surface area contributed by atoms with Crippen LogP contribution in [0.3, 0.4) is 0 Å². The number of hydrogen-bond donors (Lipinski definition) is 1. The fourth-order valence-corrected chi connectivity index (χ4v) is 0.937. The molecule has 0 aromatic heterocycles. The van der Waals surface area contributed by atoms with E-state index in [9.17, 15) is 4.79 Å². The highest BCUT2D eigenvalue weighted by molar-refractivity contribution is 5.79. The molecule has 0 saturated heterocycles. The number of ether oxygens (including phenoxy) is 1. The molecule has 0 spiro atoms. The molecule has 1 aliphatic rings. The third kappa shape index (κ3) is 1.57. The van der Waals surface area contributed by atoms with Crippen molar-refractivity contribution in [3.63, 3.8) is 0 Å². The predicted molar refractivity (Wildman–Crippen MR) is 37.3 cm³/mol. The Bertz CT molecular complexity index is 165. The molecule has 0 radical (unpaired) electrons. The van der Waals surface area contributed by atoms with E-state index in [0.29, 0.717) is 6.42 Å². The highest BCUT2D eigenvalue weighted by Gasteiger charge is 2.19. The second-order valence-corrected chi connectivity index (χ2v) is 2.40. The number of hydrogen-bond acceptors (Lipinski definition) is 2. The van der Waals surface area contributed by atoms with E-state index in [4.69, 9.17) is 10.5 Å². The number of nitrogens with two attached hydrogens (primary N) is 1. The normalized spacial score (nSPS) is 32.1. The fourth-order valence-electron chi connectivity index (χ4n) is 0.937. The van der Waals surface area contributed by atoms with Crippen LogP contribution in [0, 0.1) is 0 Å². The van der Waals surface area contributed by atoms with Crippen molar-refractivity contribution in [2.24, 2.45) is 5.73 Å². The lowest BCUT2D eigenvalue weighted by Crippen LogP contribution is -2.34. The molecule has 0 aromatic rings. The molecule has 1 amide bonds. The molecule has 3 heteroatoms. The quantitative estimate of drug-likeness (QED) is 0.530. The van der Waals surface area contributed by atoms with E-state index in [-0.39, 0.29) is 12.0 Å². The molecule has 1 aliphatic heterocycles. The largest absolute Gasteiger partial charge is 0.367 e. The van der Waals surface area contributed by atoms with E-state index in [2.05, 4.69) is 0 Å². The van der Waals surface area contributed by atoms with Gasteiger partial charge in [-0.25, -0.2) is 0 Å². The summed E-state index contributed by atoms with van der Waals surface area (Å²) in [6.45, 7) is 1.88. The minimum absolute atomic E-state index is 0.0197. The maximum Gasteiger partial charge on any atom is 0.246 e. The van der Waals surface area contributed by atoms with E-state index in [1.165, 1.54) is 0 Å². The summed E-state index contributed by atoms with van der Waals surface area (Å²) in [4.78, 5) is 10.6. The van der Waals surface area contributed by atoms with Gasteiger partial charge in [0.1, 0.15) is 6.10 Å². The third-order valence-corrected chi connectivity index (χ3v) is 1.45. The molecular formula is C7H11NO2. The van der Waals surface area contributed by atoms with E-state index in [1.807, 2.05) is 19.1 Å². The van der Waals surface area contributed by atoms with Crippen LogP contribution in [0.4, 0.5) is 0 Å². The summed E-state index contributed by atoms with van der Waals surface area (Å²) >= 11 is 0. The topological polar surface area (TPSA) is 52.3 Å². The van der Waals surface area contributed by atoms with Crippen LogP contribution in [-0.4, -0.2) is 18.1 Å². The standard InChI is InChI=1S/C7H11NO2/c1-5-3-2-4-6(10-5)7(8)9/h2-3,5-6H,4H2,1H3,(H2,8,9). The van der Waals surface area contributed by atoms with Crippen molar-refractivity contribution in [2.75, 3.05) is 0 Å². The van der Waals surface area contributed by atoms with Crippen LogP contribution in [0.25, 0.3) is 0 Å².